The van der Waals surface area contributed by atoms with Crippen molar-refractivity contribution in [2.75, 3.05) is 6.61 Å². The summed E-state index contributed by atoms with van der Waals surface area (Å²) in [5.41, 5.74) is 2.19. The topological polar surface area (TPSA) is 50.7 Å². The number of hydrazone groups is 1. The highest BCUT2D eigenvalue weighted by Crippen LogP contribution is 1.64. The minimum absolute atomic E-state index is 0.203. The lowest BCUT2D eigenvalue weighted by molar-refractivity contribution is -0.118. The molecule has 4 nitrogen and oxygen atoms in total. The molecule has 0 aromatic carbocycles. The summed E-state index contributed by atoms with van der Waals surface area (Å²) < 4.78 is 4.68. The molecule has 0 aliphatic heterocycles. The van der Waals surface area contributed by atoms with Gasteiger partial charge < -0.3 is 4.74 Å². The fourth-order valence-corrected chi connectivity index (χ4v) is 0.229. The molecule has 0 saturated carbocycles. The summed E-state index contributed by atoms with van der Waals surface area (Å²) in [5, 5.41) is 3.41. The van der Waals surface area contributed by atoms with E-state index in [2.05, 4.69) is 15.3 Å². The summed E-state index contributed by atoms with van der Waals surface area (Å²) in [7, 11) is 0. The van der Waals surface area contributed by atoms with Gasteiger partial charge in [-0.1, -0.05) is 0 Å². The summed E-state index contributed by atoms with van der Waals surface area (Å²) in [6.07, 6.45) is 1.20. The first-order valence-corrected chi connectivity index (χ1v) is 2.67. The second-order valence-electron chi connectivity index (χ2n) is 1.36. The van der Waals surface area contributed by atoms with Crippen LogP contribution >= 0.6 is 0 Å². The van der Waals surface area contributed by atoms with Gasteiger partial charge in [0.1, 0.15) is 0 Å². The molecule has 0 bridgehead atoms. The maximum atomic E-state index is 10.1. The van der Waals surface area contributed by atoms with Crippen LogP contribution in [0.1, 0.15) is 13.8 Å². The zero-order valence-electron chi connectivity index (χ0n) is 5.55. The van der Waals surface area contributed by atoms with Crippen molar-refractivity contribution < 1.29 is 9.53 Å². The van der Waals surface area contributed by atoms with E-state index in [1.165, 1.54) is 13.3 Å². The first-order chi connectivity index (χ1) is 4.27. The van der Waals surface area contributed by atoms with E-state index in [1.807, 2.05) is 6.92 Å². The first-order valence-electron chi connectivity index (χ1n) is 2.67. The Hall–Kier alpha value is -1.06. The highest BCUT2D eigenvalue weighted by molar-refractivity contribution is 5.73. The van der Waals surface area contributed by atoms with Crippen molar-refractivity contribution >= 4 is 12.3 Å². The van der Waals surface area contributed by atoms with Crippen LogP contribution < -0.4 is 5.43 Å². The number of carbonyl (C=O) groups excluding carboxylic acids is 1. The zero-order valence-corrected chi connectivity index (χ0v) is 5.55. The van der Waals surface area contributed by atoms with Crippen LogP contribution in [-0.4, -0.2) is 18.9 Å². The van der Waals surface area contributed by atoms with Crippen LogP contribution in [0.4, 0.5) is 0 Å². The van der Waals surface area contributed by atoms with Gasteiger partial charge in [-0.15, -0.1) is 5.10 Å². The SMILES string of the molecule is CCO/C=N/NC(C)=O. The Bertz CT molecular complexity index is 112. The number of nitrogens with zero attached hydrogens (tertiary/aromatic N) is 1. The van der Waals surface area contributed by atoms with Crippen LogP contribution in [0.2, 0.25) is 0 Å². The van der Waals surface area contributed by atoms with Crippen molar-refractivity contribution in [3.05, 3.63) is 0 Å². The third-order valence-electron chi connectivity index (χ3n) is 0.516. The normalized spacial score (nSPS) is 9.56. The molecule has 4 heteroatoms. The molecule has 0 spiro atoms. The minimum Gasteiger partial charge on any atom is -0.482 e. The number of ether oxygens (including phenoxy) is 1. The van der Waals surface area contributed by atoms with E-state index in [4.69, 9.17) is 0 Å². The van der Waals surface area contributed by atoms with E-state index in [1.54, 1.807) is 0 Å². The maximum Gasteiger partial charge on any atom is 0.237 e. The van der Waals surface area contributed by atoms with E-state index < -0.39 is 0 Å². The molecule has 0 heterocycles. The number of rotatable bonds is 3. The van der Waals surface area contributed by atoms with Crippen molar-refractivity contribution in [2.45, 2.75) is 13.8 Å². The molecule has 52 valence electrons. The van der Waals surface area contributed by atoms with Gasteiger partial charge in [0.15, 0.2) is 6.40 Å². The molecule has 0 saturated heterocycles. The van der Waals surface area contributed by atoms with Crippen molar-refractivity contribution in [3.8, 4) is 0 Å². The maximum absolute atomic E-state index is 10.1. The molecule has 0 aliphatic carbocycles. The van der Waals surface area contributed by atoms with Gasteiger partial charge in [0.25, 0.3) is 0 Å². The van der Waals surface area contributed by atoms with Crippen LogP contribution in [0.25, 0.3) is 0 Å². The predicted molar refractivity (Wildman–Crippen MR) is 33.9 cm³/mol. The van der Waals surface area contributed by atoms with Gasteiger partial charge in [0.2, 0.25) is 5.91 Å². The Labute approximate surface area is 53.9 Å². The lowest BCUT2D eigenvalue weighted by atomic mass is 10.8. The second kappa shape index (κ2) is 5.08. The molecular formula is C5H10N2O2. The van der Waals surface area contributed by atoms with Gasteiger partial charge in [-0.25, -0.2) is 5.43 Å². The lowest BCUT2D eigenvalue weighted by Crippen LogP contribution is -2.12. The number of hydrogen-bond donors (Lipinski definition) is 1. The number of nitrogens with one attached hydrogen (secondary N) is 1. The van der Waals surface area contributed by atoms with Crippen LogP contribution in [0.3, 0.4) is 0 Å². The Morgan fingerprint density at radius 2 is 2.56 bits per heavy atom. The molecule has 0 aliphatic rings. The number of carbonyl (C=O) groups is 1. The van der Waals surface area contributed by atoms with Gasteiger partial charge in [0.05, 0.1) is 6.61 Å². The Morgan fingerprint density at radius 1 is 1.89 bits per heavy atom. The van der Waals surface area contributed by atoms with Crippen molar-refractivity contribution in [2.24, 2.45) is 5.10 Å². The average molecular weight is 130 g/mol. The third kappa shape index (κ3) is 6.94. The quantitative estimate of drug-likeness (QED) is 0.334. The number of hydrogen-bond acceptors (Lipinski definition) is 3. The first kappa shape index (κ1) is 7.94. The van der Waals surface area contributed by atoms with Crippen LogP contribution in [-0.2, 0) is 9.53 Å². The Balaban J connectivity index is 3.14. The molecule has 1 N–H and O–H groups in total. The van der Waals surface area contributed by atoms with Crippen molar-refractivity contribution in [1.29, 1.82) is 0 Å². The molecule has 9 heavy (non-hydrogen) atoms. The summed E-state index contributed by atoms with van der Waals surface area (Å²) in [6, 6.07) is 0. The fraction of sp³-hybridized carbons (Fsp3) is 0.600. The van der Waals surface area contributed by atoms with Crippen LogP contribution in [0.5, 0.6) is 0 Å². The highest BCUT2D eigenvalue weighted by atomic mass is 16.5. The molecule has 0 atom stereocenters. The summed E-state index contributed by atoms with van der Waals surface area (Å²) in [5.74, 6) is -0.203. The molecular weight excluding hydrogens is 120 g/mol. The minimum atomic E-state index is -0.203. The smallest absolute Gasteiger partial charge is 0.237 e. The van der Waals surface area contributed by atoms with Gasteiger partial charge >= 0.3 is 0 Å². The van der Waals surface area contributed by atoms with E-state index in [0.717, 1.165) is 0 Å². The molecule has 0 unspecified atom stereocenters. The summed E-state index contributed by atoms with van der Waals surface area (Å²) in [4.78, 5) is 10.1. The molecule has 0 fully saturated rings. The molecule has 0 radical (unpaired) electrons. The second-order valence-corrected chi connectivity index (χ2v) is 1.36. The van der Waals surface area contributed by atoms with Gasteiger partial charge in [-0.2, -0.15) is 0 Å². The molecule has 0 aromatic heterocycles. The predicted octanol–water partition coefficient (Wildman–Crippen LogP) is 0.102. The fourth-order valence-electron chi connectivity index (χ4n) is 0.229. The van der Waals surface area contributed by atoms with Crippen molar-refractivity contribution in [1.82, 2.24) is 5.43 Å². The summed E-state index contributed by atoms with van der Waals surface area (Å²) in [6.45, 7) is 3.77. The lowest BCUT2D eigenvalue weighted by Gasteiger charge is -1.91. The van der Waals surface area contributed by atoms with Gasteiger partial charge in [0, 0.05) is 6.92 Å². The third-order valence-corrected chi connectivity index (χ3v) is 0.516. The standard InChI is InChI=1S/C5H10N2O2/c1-3-9-4-6-7-5(2)8/h4H,3H2,1-2H3,(H,7,8)/b6-4+. The van der Waals surface area contributed by atoms with Gasteiger partial charge in [-0.3, -0.25) is 4.79 Å². The van der Waals surface area contributed by atoms with Crippen molar-refractivity contribution in [3.63, 3.8) is 0 Å². The monoisotopic (exact) mass is 130 g/mol. The Kier molecular flexibility index (Phi) is 4.49. The number of amides is 1. The Morgan fingerprint density at radius 3 is 3.00 bits per heavy atom. The largest absolute Gasteiger partial charge is 0.482 e. The van der Waals surface area contributed by atoms with E-state index in [0.29, 0.717) is 6.61 Å². The van der Waals surface area contributed by atoms with Crippen LogP contribution in [0, 0.1) is 0 Å². The molecule has 1 amide bonds. The van der Waals surface area contributed by atoms with E-state index in [-0.39, 0.29) is 5.91 Å². The average Bonchev–Trinajstić information content (AvgIpc) is 1.80. The molecule has 0 rings (SSSR count). The van der Waals surface area contributed by atoms with Gasteiger partial charge in [-0.05, 0) is 6.92 Å². The van der Waals surface area contributed by atoms with E-state index in [9.17, 15) is 4.79 Å². The summed E-state index contributed by atoms with van der Waals surface area (Å²) >= 11 is 0. The highest BCUT2D eigenvalue weighted by Gasteiger charge is 1.80. The molecule has 0 aromatic rings. The zero-order chi connectivity index (χ0) is 7.11. The van der Waals surface area contributed by atoms with E-state index >= 15 is 0 Å². The van der Waals surface area contributed by atoms with Crippen LogP contribution in [0.15, 0.2) is 5.10 Å².